The molecule has 5 fully saturated rings. The maximum Gasteiger partial charge on any atom is 0.407 e. The van der Waals surface area contributed by atoms with Gasteiger partial charge in [-0.25, -0.2) is 46.1 Å². The van der Waals surface area contributed by atoms with Gasteiger partial charge in [0.05, 0.1) is 35.1 Å². The highest BCUT2D eigenvalue weighted by atomic mass is 79.9. The number of esters is 1. The van der Waals surface area contributed by atoms with E-state index in [9.17, 15) is 42.3 Å². The number of aromatic nitrogens is 17. The monoisotopic (exact) mass is 2060 g/mol. The average Bonchev–Trinajstić information content (AvgIpc) is 1.61. The standard InChI is InChI=1S/C21H27N5O3.C20H21F2N5O2.C16H19N5O.C10H9BrN4O.C10H11BrN2O2S.C6H5BrN4.C5H5BrN2/c1-21(2,3)29-20(28)22-15-11-9-13(10-12-15)16-5-4-6-17-23-19(25-26(16)17)24-18(27)14-7-8-14;21-20(22)10-14(20)18(29)23-13-8-6-11(7-9-13)15-2-1-3-16-24-19(26-27(15)16)25-17(28)12-4-5-12;17-12-8-6-10(7-9-12)13-2-1-3-14-18-16(20-21(13)14)19-15(22)11-4-5-11;11-7-2-1-3-8-12-10(14-15(7)8)13-9(16)6-4-5-6;1-2-15-10(14)6-9(16)13-8-5-3-4-7(11)12-8;7-4-2-1-3-5-9-6(8)10-11(4)5;6-4-2-1-3-5(7)8-4/h4-6,9,14-15H,7-8,10-12H2,1-3H3,(H,22,28)(H,24,25,27);1-3,6,12-14H,4-5,7-10H2,(H,23,29)(H,25,26,28);1-3,6,11-12H,4-5,7-9,17H2,(H,19,20,22);1-3,6H,4-5H2,(H,13,14,16);3-5H,2,6H2,1H3,(H,12,13,16);1-3H,(H2,8,10);1-3H,(H2,7,8). The van der Waals surface area contributed by atoms with Gasteiger partial charge in [-0.3, -0.25) is 50.0 Å². The summed E-state index contributed by atoms with van der Waals surface area (Å²) in [5.41, 5.74) is 26.0. The van der Waals surface area contributed by atoms with E-state index in [4.69, 9.17) is 38.9 Å². The molecule has 12 aromatic rings. The molecule has 686 valence electrons. The molecule has 4 unspecified atom stereocenters. The van der Waals surface area contributed by atoms with Crippen LogP contribution in [0.1, 0.15) is 167 Å². The number of nitrogens with one attached hydrogen (secondary N) is 7. The summed E-state index contributed by atoms with van der Waals surface area (Å²) in [4.78, 5) is 112. The lowest BCUT2D eigenvalue weighted by Gasteiger charge is -2.26. The summed E-state index contributed by atoms with van der Waals surface area (Å²) in [6.07, 6.45) is 20.4. The molecule has 0 aromatic carbocycles. The van der Waals surface area contributed by atoms with Crippen LogP contribution in [0.3, 0.4) is 0 Å². The smallest absolute Gasteiger partial charge is 0.407 e. The van der Waals surface area contributed by atoms with Gasteiger partial charge in [0, 0.05) is 48.2 Å². The Bertz CT molecular complexity index is 6310. The predicted molar refractivity (Wildman–Crippen MR) is 508 cm³/mol. The molecule has 6 amide bonds. The number of pyridine rings is 7. The van der Waals surface area contributed by atoms with Crippen molar-refractivity contribution in [3.05, 3.63) is 181 Å². The predicted octanol–water partition coefficient (Wildman–Crippen LogP) is 15.2. The molecule has 36 nitrogen and oxygen atoms in total. The number of rotatable bonds is 18. The number of carbonyl (C=O) groups excluding carboxylic acids is 7. The minimum Gasteiger partial charge on any atom is -0.466 e. The van der Waals surface area contributed by atoms with E-state index in [1.54, 1.807) is 43.2 Å². The van der Waals surface area contributed by atoms with Gasteiger partial charge in [0.15, 0.2) is 28.2 Å². The Balaban J connectivity index is 0.000000127. The number of amides is 6. The van der Waals surface area contributed by atoms with Crippen LogP contribution in [-0.2, 0) is 38.2 Å². The van der Waals surface area contributed by atoms with Crippen molar-refractivity contribution in [3.63, 3.8) is 0 Å². The number of carbonyl (C=O) groups is 7. The van der Waals surface area contributed by atoms with E-state index in [0.29, 0.717) is 87.8 Å². The molecule has 5 saturated carbocycles. The van der Waals surface area contributed by atoms with Crippen LogP contribution in [-0.4, -0.2) is 166 Å². The highest BCUT2D eigenvalue weighted by Crippen LogP contribution is 2.49. The van der Waals surface area contributed by atoms with Gasteiger partial charge >= 0.3 is 12.1 Å². The summed E-state index contributed by atoms with van der Waals surface area (Å²) in [5, 5.41) is 41.2. The van der Waals surface area contributed by atoms with Gasteiger partial charge in [0.1, 0.15) is 41.6 Å². The third-order valence-corrected chi connectivity index (χ3v) is 23.6. The third-order valence-electron chi connectivity index (χ3n) is 21.3. The molecule has 0 aliphatic heterocycles. The summed E-state index contributed by atoms with van der Waals surface area (Å²) in [6.45, 7) is 7.67. The second-order valence-electron chi connectivity index (χ2n) is 33.1. The molecule has 0 radical (unpaired) electrons. The van der Waals surface area contributed by atoms with Crippen molar-refractivity contribution in [1.29, 1.82) is 0 Å². The molecule has 8 aliphatic carbocycles. The average molecular weight is 2070 g/mol. The first-order chi connectivity index (χ1) is 62.8. The number of nitrogen functional groups attached to an aromatic ring is 2. The number of fused-ring (bicyclic) bond motifs is 5. The summed E-state index contributed by atoms with van der Waals surface area (Å²) < 4.78 is 47.9. The molecule has 4 atom stereocenters. The second kappa shape index (κ2) is 42.9. The van der Waals surface area contributed by atoms with Gasteiger partial charge < -0.3 is 42.6 Å². The number of hydrogen-bond donors (Lipinski definition) is 10. The number of alkyl carbamates (subject to hydrolysis) is 1. The van der Waals surface area contributed by atoms with Crippen molar-refractivity contribution in [2.75, 3.05) is 44.7 Å². The zero-order valence-electron chi connectivity index (χ0n) is 71.8. The number of nitrogens with zero attached hydrogens (tertiary/aromatic N) is 17. The van der Waals surface area contributed by atoms with Crippen molar-refractivity contribution in [3.8, 4) is 0 Å². The summed E-state index contributed by atoms with van der Waals surface area (Å²) in [7, 11) is 0. The maximum atomic E-state index is 13.0. The molecule has 0 spiro atoms. The summed E-state index contributed by atoms with van der Waals surface area (Å²) in [6, 6.07) is 39.5. The Labute approximate surface area is 789 Å². The first-order valence-corrected chi connectivity index (χ1v) is 46.5. The second-order valence-corrected chi connectivity index (χ2v) is 36.9. The first kappa shape index (κ1) is 95.0. The molecule has 8 aliphatic rings. The van der Waals surface area contributed by atoms with Crippen LogP contribution in [0.15, 0.2) is 164 Å². The van der Waals surface area contributed by atoms with Gasteiger partial charge in [0.2, 0.25) is 59.3 Å². The molecular weight excluding hydrogens is 1970 g/mol. The molecular formula is C88H97Br4F2N27O9S. The Morgan fingerprint density at radius 1 is 0.466 bits per heavy atom. The third kappa shape index (κ3) is 27.3. The molecule has 0 bridgehead atoms. The number of halogens is 6. The molecule has 20 rings (SSSR count). The van der Waals surface area contributed by atoms with Crippen LogP contribution >= 0.6 is 75.9 Å². The van der Waals surface area contributed by atoms with Crippen molar-refractivity contribution in [2.24, 2.45) is 35.3 Å². The summed E-state index contributed by atoms with van der Waals surface area (Å²) >= 11 is 18.1. The molecule has 0 saturated heterocycles. The highest BCUT2D eigenvalue weighted by Gasteiger charge is 2.61. The minimum atomic E-state index is -2.84. The first-order valence-electron chi connectivity index (χ1n) is 42.9. The molecule has 43 heteroatoms. The minimum absolute atomic E-state index is 0.00426. The number of alkyl halides is 2. The van der Waals surface area contributed by atoms with Crippen LogP contribution < -0.4 is 54.4 Å². The van der Waals surface area contributed by atoms with Crippen LogP contribution in [0, 0.1) is 29.6 Å². The van der Waals surface area contributed by atoms with Crippen LogP contribution in [0.25, 0.3) is 45.0 Å². The number of anilines is 7. The van der Waals surface area contributed by atoms with E-state index in [1.165, 1.54) is 5.57 Å². The van der Waals surface area contributed by atoms with Gasteiger partial charge in [-0.2, -0.15) is 24.9 Å². The fourth-order valence-corrected chi connectivity index (χ4v) is 15.6. The largest absolute Gasteiger partial charge is 0.466 e. The zero-order valence-corrected chi connectivity index (χ0v) is 79.0. The quantitative estimate of drug-likeness (QED) is 0.0217. The molecule has 131 heavy (non-hydrogen) atoms. The van der Waals surface area contributed by atoms with E-state index in [2.05, 4.69) is 173 Å². The lowest BCUT2D eigenvalue weighted by atomic mass is 9.93. The van der Waals surface area contributed by atoms with Crippen molar-refractivity contribution in [1.82, 2.24) is 93.6 Å². The van der Waals surface area contributed by atoms with Crippen molar-refractivity contribution in [2.45, 2.75) is 179 Å². The van der Waals surface area contributed by atoms with Crippen LogP contribution in [0.2, 0.25) is 0 Å². The molecule has 12 heterocycles. The van der Waals surface area contributed by atoms with E-state index in [0.717, 1.165) is 143 Å². The Kier molecular flexibility index (Phi) is 31.1. The van der Waals surface area contributed by atoms with E-state index < -0.39 is 23.3 Å². The van der Waals surface area contributed by atoms with Gasteiger partial charge in [-0.1, -0.05) is 72.9 Å². The van der Waals surface area contributed by atoms with Crippen LogP contribution in [0.4, 0.5) is 55.0 Å². The van der Waals surface area contributed by atoms with Gasteiger partial charge in [-0.15, -0.1) is 25.5 Å². The topological polar surface area (TPSA) is 477 Å². The molecule has 13 N–H and O–H groups in total. The summed E-state index contributed by atoms with van der Waals surface area (Å²) in [5.74, 6) is -1.58. The lowest BCUT2D eigenvalue weighted by Crippen LogP contribution is -2.39. The number of allylic oxidation sites excluding steroid dienone is 3. The molecule has 12 aromatic heterocycles. The van der Waals surface area contributed by atoms with Crippen LogP contribution in [0.5, 0.6) is 0 Å². The normalized spacial score (nSPS) is 18.1. The number of nitrogens with two attached hydrogens (primary N) is 3. The Morgan fingerprint density at radius 3 is 1.21 bits per heavy atom. The van der Waals surface area contributed by atoms with Crippen molar-refractivity contribution < 1.29 is 51.8 Å². The van der Waals surface area contributed by atoms with Crippen molar-refractivity contribution >= 4 is 209 Å². The van der Waals surface area contributed by atoms with Gasteiger partial charge in [-0.05, 0) is 302 Å². The maximum absolute atomic E-state index is 13.0. The van der Waals surface area contributed by atoms with E-state index >= 15 is 0 Å². The fraction of sp³-hybridized carbons (Fsp3) is 0.386. The number of thiocarbonyl (C=S) groups is 1. The van der Waals surface area contributed by atoms with E-state index in [-0.39, 0.29) is 96.3 Å². The van der Waals surface area contributed by atoms with Gasteiger partial charge in [0.25, 0.3) is 5.92 Å². The number of hydrogen-bond acceptors (Lipinski definition) is 25. The SMILES string of the molecule is CC(C)(C)OC(=O)NC1CC=C(c2cccc3nc(NC(=O)C4CC4)nn23)CC1.CCOC(=O)CC(=S)Nc1cccc(Br)n1.NC1CC=C(c2cccc3nc(NC(=O)C4CC4)nn23)CC1.Nc1cccc(Br)n1.Nc1nc2cccc(Br)n2n1.O=C(Nc1nc2cccc(Br)n2n1)C1CC1.O=C(Nc1nc2cccc(C3=CCC(NC(=O)C4CC4(F)F)CC3)n2n1)C1CC1. The lowest BCUT2D eigenvalue weighted by molar-refractivity contribution is -0.141. The van der Waals surface area contributed by atoms with E-state index in [1.807, 2.05) is 141 Å². The fourth-order valence-electron chi connectivity index (χ4n) is 13.8. The Morgan fingerprint density at radius 2 is 0.847 bits per heavy atom. The zero-order chi connectivity index (χ0) is 92.8. The number of ether oxygens (including phenoxy) is 2. The highest BCUT2D eigenvalue weighted by molar-refractivity contribution is 9.11. The Hall–Kier alpha value is -12.1.